The topological polar surface area (TPSA) is 74.8 Å². The number of hydrogen-bond acceptors (Lipinski definition) is 3. The number of rotatable bonds is 4. The fourth-order valence-electron chi connectivity index (χ4n) is 0.638. The van der Waals surface area contributed by atoms with Crippen molar-refractivity contribution >= 4 is 10.0 Å². The number of aromatic nitrogens is 2. The minimum Gasteiger partial charge on any atom is -0.284 e. The molecule has 12 heavy (non-hydrogen) atoms. The molecule has 0 spiro atoms. The number of hydrogen-bond donors (Lipinski definition) is 2. The molecule has 0 aliphatic carbocycles. The van der Waals surface area contributed by atoms with Gasteiger partial charge in [-0.2, -0.15) is 5.10 Å². The quantitative estimate of drug-likeness (QED) is 0.645. The van der Waals surface area contributed by atoms with Gasteiger partial charge in [-0.3, -0.25) is 5.10 Å². The second-order valence-electron chi connectivity index (χ2n) is 2.07. The minimum absolute atomic E-state index is 0.129. The standard InChI is InChI=1S/C6H9N3O2S/c1-2-3-9-12(10,11)6-4-7-8-5-6/h2,4-5,9H,1,3H2,(H,7,8). The molecular formula is C6H9N3O2S. The van der Waals surface area contributed by atoms with Crippen molar-refractivity contribution in [2.45, 2.75) is 4.90 Å². The Kier molecular flexibility index (Phi) is 2.61. The molecule has 6 heteroatoms. The van der Waals surface area contributed by atoms with E-state index in [1.165, 1.54) is 18.5 Å². The smallest absolute Gasteiger partial charge is 0.243 e. The van der Waals surface area contributed by atoms with Crippen LogP contribution in [0, 0.1) is 0 Å². The summed E-state index contributed by atoms with van der Waals surface area (Å²) < 4.78 is 24.8. The van der Waals surface area contributed by atoms with Crippen LogP contribution in [0.15, 0.2) is 29.9 Å². The predicted octanol–water partition coefficient (Wildman–Crippen LogP) is -0.126. The van der Waals surface area contributed by atoms with Crippen molar-refractivity contribution in [3.05, 3.63) is 25.0 Å². The van der Waals surface area contributed by atoms with Gasteiger partial charge in [0.2, 0.25) is 10.0 Å². The Labute approximate surface area is 70.5 Å². The first-order valence-electron chi connectivity index (χ1n) is 3.26. The zero-order valence-electron chi connectivity index (χ0n) is 6.32. The Bertz CT molecular complexity index is 341. The Morgan fingerprint density at radius 3 is 3.00 bits per heavy atom. The van der Waals surface area contributed by atoms with Crippen LogP contribution in [0.25, 0.3) is 0 Å². The Balaban J connectivity index is 2.80. The molecule has 1 rings (SSSR count). The molecule has 0 aromatic carbocycles. The van der Waals surface area contributed by atoms with Gasteiger partial charge in [-0.15, -0.1) is 6.58 Å². The summed E-state index contributed by atoms with van der Waals surface area (Å²) in [7, 11) is -3.39. The van der Waals surface area contributed by atoms with E-state index in [-0.39, 0.29) is 11.4 Å². The molecule has 0 radical (unpaired) electrons. The zero-order valence-corrected chi connectivity index (χ0v) is 7.13. The third-order valence-corrected chi connectivity index (χ3v) is 2.59. The van der Waals surface area contributed by atoms with Crippen LogP contribution in [0.1, 0.15) is 0 Å². The van der Waals surface area contributed by atoms with Gasteiger partial charge in [0.25, 0.3) is 0 Å². The Morgan fingerprint density at radius 2 is 2.50 bits per heavy atom. The second kappa shape index (κ2) is 3.51. The van der Waals surface area contributed by atoms with E-state index in [2.05, 4.69) is 21.5 Å². The number of sulfonamides is 1. The number of H-pyrrole nitrogens is 1. The second-order valence-corrected chi connectivity index (χ2v) is 3.84. The van der Waals surface area contributed by atoms with Gasteiger partial charge in [-0.05, 0) is 0 Å². The van der Waals surface area contributed by atoms with Crippen LogP contribution in [0.4, 0.5) is 0 Å². The summed E-state index contributed by atoms with van der Waals surface area (Å²) in [5.74, 6) is 0. The molecule has 1 aromatic heterocycles. The number of nitrogens with one attached hydrogen (secondary N) is 2. The maximum atomic E-state index is 11.2. The van der Waals surface area contributed by atoms with E-state index < -0.39 is 10.0 Å². The van der Waals surface area contributed by atoms with Crippen LogP contribution in [0.3, 0.4) is 0 Å². The lowest BCUT2D eigenvalue weighted by atomic mass is 10.7. The van der Waals surface area contributed by atoms with Gasteiger partial charge in [-0.25, -0.2) is 13.1 Å². The highest BCUT2D eigenvalue weighted by Crippen LogP contribution is 2.02. The maximum absolute atomic E-state index is 11.2. The summed E-state index contributed by atoms with van der Waals surface area (Å²) in [5.41, 5.74) is 0. The van der Waals surface area contributed by atoms with Crippen LogP contribution < -0.4 is 4.72 Å². The molecule has 0 bridgehead atoms. The van der Waals surface area contributed by atoms with Gasteiger partial charge in [0, 0.05) is 12.7 Å². The van der Waals surface area contributed by atoms with Gasteiger partial charge >= 0.3 is 0 Å². The monoisotopic (exact) mass is 187 g/mol. The zero-order chi connectivity index (χ0) is 9.03. The highest BCUT2D eigenvalue weighted by atomic mass is 32.2. The van der Waals surface area contributed by atoms with E-state index >= 15 is 0 Å². The Hall–Kier alpha value is -1.14. The highest BCUT2D eigenvalue weighted by molar-refractivity contribution is 7.89. The molecule has 0 saturated carbocycles. The van der Waals surface area contributed by atoms with Crippen molar-refractivity contribution in [3.63, 3.8) is 0 Å². The summed E-state index contributed by atoms with van der Waals surface area (Å²) in [6.45, 7) is 3.61. The number of aromatic amines is 1. The minimum atomic E-state index is -3.39. The van der Waals surface area contributed by atoms with E-state index in [1.807, 2.05) is 0 Å². The molecule has 0 unspecified atom stereocenters. The van der Waals surface area contributed by atoms with E-state index in [9.17, 15) is 8.42 Å². The third-order valence-electron chi connectivity index (χ3n) is 1.20. The summed E-state index contributed by atoms with van der Waals surface area (Å²) >= 11 is 0. The van der Waals surface area contributed by atoms with Gasteiger partial charge in [0.05, 0.1) is 6.20 Å². The highest BCUT2D eigenvalue weighted by Gasteiger charge is 2.12. The summed E-state index contributed by atoms with van der Waals surface area (Å²) in [5, 5.41) is 5.94. The van der Waals surface area contributed by atoms with E-state index in [0.29, 0.717) is 0 Å². The molecule has 1 aromatic rings. The molecule has 0 saturated heterocycles. The lowest BCUT2D eigenvalue weighted by molar-refractivity contribution is 0.585. The van der Waals surface area contributed by atoms with Gasteiger partial charge < -0.3 is 0 Å². The Morgan fingerprint density at radius 1 is 1.75 bits per heavy atom. The van der Waals surface area contributed by atoms with E-state index in [0.717, 1.165) is 0 Å². The van der Waals surface area contributed by atoms with Gasteiger partial charge in [0.1, 0.15) is 4.90 Å². The molecule has 0 fully saturated rings. The fourth-order valence-corrected chi connectivity index (χ4v) is 1.54. The van der Waals surface area contributed by atoms with Gasteiger partial charge in [-0.1, -0.05) is 6.08 Å². The van der Waals surface area contributed by atoms with Gasteiger partial charge in [0.15, 0.2) is 0 Å². The molecule has 66 valence electrons. The van der Waals surface area contributed by atoms with Crippen molar-refractivity contribution in [2.24, 2.45) is 0 Å². The first-order valence-corrected chi connectivity index (χ1v) is 4.74. The van der Waals surface area contributed by atoms with Crippen LogP contribution in [-0.4, -0.2) is 25.2 Å². The maximum Gasteiger partial charge on any atom is 0.243 e. The van der Waals surface area contributed by atoms with Crippen molar-refractivity contribution in [2.75, 3.05) is 6.54 Å². The molecule has 0 amide bonds. The van der Waals surface area contributed by atoms with E-state index in [4.69, 9.17) is 0 Å². The van der Waals surface area contributed by atoms with Crippen LogP contribution in [0.2, 0.25) is 0 Å². The SMILES string of the molecule is C=CCNS(=O)(=O)c1cn[nH]c1. The van der Waals surface area contributed by atoms with Crippen LogP contribution in [-0.2, 0) is 10.0 Å². The molecule has 0 aliphatic heterocycles. The molecule has 5 nitrogen and oxygen atoms in total. The largest absolute Gasteiger partial charge is 0.284 e. The molecule has 0 atom stereocenters. The summed E-state index contributed by atoms with van der Waals surface area (Å²) in [6.07, 6.45) is 4.02. The molecule has 1 heterocycles. The lowest BCUT2D eigenvalue weighted by Gasteiger charge is -1.99. The fraction of sp³-hybridized carbons (Fsp3) is 0.167. The summed E-state index contributed by atoms with van der Waals surface area (Å²) in [4.78, 5) is 0.129. The first-order chi connectivity index (χ1) is 5.67. The molecule has 0 aliphatic rings. The van der Waals surface area contributed by atoms with Crippen molar-refractivity contribution in [1.82, 2.24) is 14.9 Å². The first kappa shape index (κ1) is 8.95. The van der Waals surface area contributed by atoms with Crippen LogP contribution >= 0.6 is 0 Å². The number of nitrogens with zero attached hydrogens (tertiary/aromatic N) is 1. The average molecular weight is 187 g/mol. The molecular weight excluding hydrogens is 178 g/mol. The normalized spacial score (nSPS) is 11.3. The van der Waals surface area contributed by atoms with Crippen molar-refractivity contribution in [1.29, 1.82) is 0 Å². The molecule has 2 N–H and O–H groups in total. The lowest BCUT2D eigenvalue weighted by Crippen LogP contribution is -2.23. The van der Waals surface area contributed by atoms with Crippen molar-refractivity contribution in [3.8, 4) is 0 Å². The van der Waals surface area contributed by atoms with Crippen LogP contribution in [0.5, 0.6) is 0 Å². The average Bonchev–Trinajstić information content (AvgIpc) is 2.53. The van der Waals surface area contributed by atoms with E-state index in [1.54, 1.807) is 0 Å². The third kappa shape index (κ3) is 1.93. The van der Waals surface area contributed by atoms with Crippen molar-refractivity contribution < 1.29 is 8.42 Å². The summed E-state index contributed by atoms with van der Waals surface area (Å²) in [6, 6.07) is 0. The predicted molar refractivity (Wildman–Crippen MR) is 44.0 cm³/mol.